The van der Waals surface area contributed by atoms with Gasteiger partial charge in [-0.15, -0.1) is 0 Å². The van der Waals surface area contributed by atoms with Gasteiger partial charge in [-0.2, -0.15) is 0 Å². The Hall–Kier alpha value is -1.99. The number of carboxylic acids is 1. The predicted octanol–water partition coefficient (Wildman–Crippen LogP) is 2.91. The molecule has 156 valence electrons. The molecule has 1 aromatic rings. The van der Waals surface area contributed by atoms with Crippen molar-refractivity contribution < 1.29 is 19.5 Å². The molecule has 7 nitrogen and oxygen atoms in total. The van der Waals surface area contributed by atoms with Crippen molar-refractivity contribution in [2.24, 2.45) is 23.7 Å². The lowest BCUT2D eigenvalue weighted by atomic mass is 9.79. The number of hydrogen-bond donors (Lipinski definition) is 4. The summed E-state index contributed by atoms with van der Waals surface area (Å²) in [6, 6.07) is 3.03. The van der Waals surface area contributed by atoms with Crippen LogP contribution in [-0.4, -0.2) is 41.6 Å². The number of carbonyl (C=O) groups is 3. The van der Waals surface area contributed by atoms with Crippen molar-refractivity contribution in [2.45, 2.75) is 37.8 Å². The number of amides is 3. The molecule has 3 amide bonds. The Morgan fingerprint density at radius 3 is 2.41 bits per heavy atom. The molecule has 0 spiro atoms. The Bertz CT molecular complexity index is 825. The fraction of sp³-hybridized carbons (Fsp3) is 0.550. The van der Waals surface area contributed by atoms with E-state index in [2.05, 4.69) is 16.0 Å². The maximum Gasteiger partial charge on any atom is 0.328 e. The number of carbonyl (C=O) groups excluding carboxylic acids is 2. The smallest absolute Gasteiger partial charge is 0.328 e. The van der Waals surface area contributed by atoms with E-state index in [-0.39, 0.29) is 28.2 Å². The summed E-state index contributed by atoms with van der Waals surface area (Å²) in [4.78, 5) is 36.3. The van der Waals surface area contributed by atoms with Gasteiger partial charge in [0.1, 0.15) is 6.04 Å². The zero-order valence-corrected chi connectivity index (χ0v) is 17.2. The molecule has 0 saturated heterocycles. The van der Waals surface area contributed by atoms with E-state index in [0.29, 0.717) is 11.8 Å². The predicted molar refractivity (Wildman–Crippen MR) is 108 cm³/mol. The molecule has 4 N–H and O–H groups in total. The second kappa shape index (κ2) is 8.03. The first-order chi connectivity index (χ1) is 13.8. The van der Waals surface area contributed by atoms with Crippen LogP contribution in [0.2, 0.25) is 10.0 Å². The van der Waals surface area contributed by atoms with Crippen molar-refractivity contribution in [1.29, 1.82) is 0 Å². The van der Waals surface area contributed by atoms with Crippen molar-refractivity contribution >= 4 is 41.1 Å². The van der Waals surface area contributed by atoms with Gasteiger partial charge in [-0.05, 0) is 61.5 Å². The lowest BCUT2D eigenvalue weighted by Crippen LogP contribution is -2.53. The van der Waals surface area contributed by atoms with Crippen LogP contribution in [0.3, 0.4) is 0 Å². The first kappa shape index (κ1) is 20.3. The molecule has 29 heavy (non-hydrogen) atoms. The van der Waals surface area contributed by atoms with Crippen molar-refractivity contribution in [3.05, 3.63) is 33.8 Å². The number of benzene rings is 1. The Morgan fingerprint density at radius 2 is 1.76 bits per heavy atom. The van der Waals surface area contributed by atoms with Gasteiger partial charge in [0.25, 0.3) is 5.91 Å². The third-order valence-corrected chi connectivity index (χ3v) is 7.25. The fourth-order valence-corrected chi connectivity index (χ4v) is 6.07. The van der Waals surface area contributed by atoms with Gasteiger partial charge in [-0.1, -0.05) is 29.3 Å². The summed E-state index contributed by atoms with van der Waals surface area (Å²) in [5.41, 5.74) is 0.00398. The number of carboxylic acid groups (broad SMARTS) is 1. The highest BCUT2D eigenvalue weighted by molar-refractivity contribution is 6.39. The van der Waals surface area contributed by atoms with Gasteiger partial charge in [0, 0.05) is 6.04 Å². The standard InChI is InChI=1S/C20H23Cl2N3O4/c21-13-2-1-3-14(22)16(13)18(26)24-15(19(27)28)8-23-20(29)25-17-11-5-9-4-10(7-11)12(17)6-9/h1-3,9-12,15,17H,4-8H2,(H,24,26)(H,27,28)(H2,23,25,29)/t9?,10?,11?,12?,15-,17?/m0/s1. The largest absolute Gasteiger partial charge is 0.480 e. The van der Waals surface area contributed by atoms with Crippen LogP contribution in [0.15, 0.2) is 18.2 Å². The van der Waals surface area contributed by atoms with Crippen LogP contribution in [-0.2, 0) is 4.79 Å². The molecule has 5 rings (SSSR count). The van der Waals surface area contributed by atoms with Gasteiger partial charge in [-0.3, -0.25) is 4.79 Å². The average Bonchev–Trinajstić information content (AvgIpc) is 3.06. The first-order valence-corrected chi connectivity index (χ1v) is 10.6. The average molecular weight is 440 g/mol. The highest BCUT2D eigenvalue weighted by atomic mass is 35.5. The van der Waals surface area contributed by atoms with E-state index in [1.54, 1.807) is 6.07 Å². The van der Waals surface area contributed by atoms with Crippen molar-refractivity contribution in [3.8, 4) is 0 Å². The topological polar surface area (TPSA) is 108 Å². The summed E-state index contributed by atoms with van der Waals surface area (Å²) in [7, 11) is 0. The quantitative estimate of drug-likeness (QED) is 0.546. The zero-order valence-electron chi connectivity index (χ0n) is 15.7. The first-order valence-electron chi connectivity index (χ1n) is 9.85. The van der Waals surface area contributed by atoms with E-state index in [1.165, 1.54) is 37.8 Å². The molecule has 0 aromatic heterocycles. The van der Waals surface area contributed by atoms with Crippen LogP contribution in [0, 0.1) is 23.7 Å². The maximum atomic E-state index is 12.4. The SMILES string of the molecule is O=C(NC[C@H](NC(=O)c1c(Cl)cccc1Cl)C(=O)O)NC1C2CC3CC(C2)C1C3. The fourth-order valence-electron chi connectivity index (χ4n) is 5.50. The lowest BCUT2D eigenvalue weighted by Gasteiger charge is -2.32. The number of halogens is 2. The minimum Gasteiger partial charge on any atom is -0.480 e. The minimum atomic E-state index is -1.31. The Morgan fingerprint density at radius 1 is 1.07 bits per heavy atom. The van der Waals surface area contributed by atoms with Crippen molar-refractivity contribution in [1.82, 2.24) is 16.0 Å². The second-order valence-corrected chi connectivity index (χ2v) is 9.15. The van der Waals surface area contributed by atoms with Crippen molar-refractivity contribution in [2.75, 3.05) is 6.54 Å². The molecule has 9 heteroatoms. The van der Waals surface area contributed by atoms with E-state index in [4.69, 9.17) is 23.2 Å². The Labute approximate surface area is 178 Å². The van der Waals surface area contributed by atoms with Crippen LogP contribution >= 0.6 is 23.2 Å². The number of urea groups is 1. The molecule has 4 saturated carbocycles. The van der Waals surface area contributed by atoms with Gasteiger partial charge in [0.2, 0.25) is 0 Å². The molecule has 4 aliphatic rings. The van der Waals surface area contributed by atoms with Gasteiger partial charge in [0.15, 0.2) is 0 Å². The Kier molecular flexibility index (Phi) is 5.62. The summed E-state index contributed by atoms with van der Waals surface area (Å²) in [5, 5.41) is 17.7. The molecule has 4 bridgehead atoms. The molecule has 0 radical (unpaired) electrons. The van der Waals surface area contributed by atoms with E-state index < -0.39 is 23.9 Å². The summed E-state index contributed by atoms with van der Waals surface area (Å²) < 4.78 is 0. The molecular formula is C20H23Cl2N3O4. The number of hydrogen-bond acceptors (Lipinski definition) is 3. The zero-order chi connectivity index (χ0) is 20.7. The number of rotatable bonds is 6. The maximum absolute atomic E-state index is 12.4. The van der Waals surface area contributed by atoms with Crippen LogP contribution < -0.4 is 16.0 Å². The molecule has 4 fully saturated rings. The van der Waals surface area contributed by atoms with E-state index >= 15 is 0 Å². The van der Waals surface area contributed by atoms with E-state index in [9.17, 15) is 19.5 Å². The summed E-state index contributed by atoms with van der Waals surface area (Å²) in [5.74, 6) is 0.631. The van der Waals surface area contributed by atoms with Crippen LogP contribution in [0.1, 0.15) is 36.0 Å². The molecule has 0 heterocycles. The number of nitrogens with one attached hydrogen (secondary N) is 3. The van der Waals surface area contributed by atoms with Gasteiger partial charge >= 0.3 is 12.0 Å². The van der Waals surface area contributed by atoms with E-state index in [1.807, 2.05) is 0 Å². The Balaban J connectivity index is 1.32. The van der Waals surface area contributed by atoms with Gasteiger partial charge < -0.3 is 21.1 Å². The molecule has 0 aliphatic heterocycles. The highest BCUT2D eigenvalue weighted by Gasteiger charge is 2.54. The monoisotopic (exact) mass is 439 g/mol. The molecule has 1 aromatic carbocycles. The van der Waals surface area contributed by atoms with Crippen molar-refractivity contribution in [3.63, 3.8) is 0 Å². The summed E-state index contributed by atoms with van der Waals surface area (Å²) in [6.45, 7) is -0.247. The molecule has 4 aliphatic carbocycles. The lowest BCUT2D eigenvalue weighted by molar-refractivity contribution is -0.139. The molecule has 5 unspecified atom stereocenters. The van der Waals surface area contributed by atoms with Crippen LogP contribution in [0.25, 0.3) is 0 Å². The highest BCUT2D eigenvalue weighted by Crippen LogP contribution is 2.57. The van der Waals surface area contributed by atoms with Crippen LogP contribution in [0.4, 0.5) is 4.79 Å². The molecular weight excluding hydrogens is 417 g/mol. The van der Waals surface area contributed by atoms with E-state index in [0.717, 1.165) is 11.8 Å². The van der Waals surface area contributed by atoms with Crippen LogP contribution in [0.5, 0.6) is 0 Å². The third kappa shape index (κ3) is 4.03. The summed E-state index contributed by atoms with van der Waals surface area (Å²) in [6.07, 6.45) is 4.81. The number of aliphatic carboxylic acids is 1. The third-order valence-electron chi connectivity index (χ3n) is 6.62. The normalized spacial score (nSPS) is 30.1. The summed E-state index contributed by atoms with van der Waals surface area (Å²) >= 11 is 12.0. The van der Waals surface area contributed by atoms with Gasteiger partial charge in [0.05, 0.1) is 22.2 Å². The molecule has 6 atom stereocenters. The minimum absolute atomic E-state index is 0.00398. The van der Waals surface area contributed by atoms with Gasteiger partial charge in [-0.25, -0.2) is 9.59 Å². The second-order valence-electron chi connectivity index (χ2n) is 8.33.